The fourth-order valence-electron chi connectivity index (χ4n) is 5.22. The van der Waals surface area contributed by atoms with E-state index in [0.717, 1.165) is 12.8 Å². The number of rotatable bonds is 15. The molecule has 0 aromatic carbocycles. The summed E-state index contributed by atoms with van der Waals surface area (Å²) in [5, 5.41) is 2.57. The smallest absolute Gasteiger partial charge is 0.325 e. The summed E-state index contributed by atoms with van der Waals surface area (Å²) < 4.78 is 16.1. The Bertz CT molecular complexity index is 793. The summed E-state index contributed by atoms with van der Waals surface area (Å²) in [7, 11) is 6.06. The van der Waals surface area contributed by atoms with E-state index < -0.39 is 30.1 Å². The Morgan fingerprint density at radius 3 is 2.21 bits per heavy atom. The molecule has 11 nitrogen and oxygen atoms in total. The molecular formula is C27H50N4O7. The van der Waals surface area contributed by atoms with Gasteiger partial charge in [0.15, 0.2) is 0 Å². The third-order valence-corrected chi connectivity index (χ3v) is 7.90. The highest BCUT2D eigenvalue weighted by Gasteiger charge is 2.42. The lowest BCUT2D eigenvalue weighted by molar-refractivity contribution is -0.147. The predicted molar refractivity (Wildman–Crippen MR) is 144 cm³/mol. The Labute approximate surface area is 228 Å². The molecule has 220 valence electrons. The van der Waals surface area contributed by atoms with Crippen molar-refractivity contribution in [2.24, 2.45) is 23.5 Å². The molecule has 0 aromatic rings. The van der Waals surface area contributed by atoms with Gasteiger partial charge in [0.25, 0.3) is 0 Å². The normalized spacial score (nSPS) is 20.3. The zero-order chi connectivity index (χ0) is 29.2. The summed E-state index contributed by atoms with van der Waals surface area (Å²) in [6.45, 7) is 9.92. The van der Waals surface area contributed by atoms with Gasteiger partial charge in [-0.05, 0) is 24.7 Å². The lowest BCUT2D eigenvalue weighted by Gasteiger charge is -2.40. The quantitative estimate of drug-likeness (QED) is 0.294. The largest absolute Gasteiger partial charge is 0.468 e. The summed E-state index contributed by atoms with van der Waals surface area (Å²) in [5.41, 5.74) is 6.17. The first kappa shape index (κ1) is 33.8. The van der Waals surface area contributed by atoms with Gasteiger partial charge in [0, 0.05) is 27.8 Å². The van der Waals surface area contributed by atoms with Crippen molar-refractivity contribution in [1.29, 1.82) is 0 Å². The van der Waals surface area contributed by atoms with E-state index in [1.165, 1.54) is 14.2 Å². The van der Waals surface area contributed by atoms with Crippen molar-refractivity contribution in [3.8, 4) is 0 Å². The molecule has 0 aliphatic carbocycles. The van der Waals surface area contributed by atoms with Crippen LogP contribution in [0.3, 0.4) is 0 Å². The van der Waals surface area contributed by atoms with Crippen LogP contribution < -0.4 is 11.1 Å². The number of likely N-dealkylation sites (tertiary alicyclic amines) is 1. The molecule has 3 N–H and O–H groups in total. The third kappa shape index (κ3) is 8.64. The molecule has 1 aliphatic heterocycles. The Morgan fingerprint density at radius 2 is 1.71 bits per heavy atom. The molecule has 0 radical (unpaired) electrons. The first-order valence-corrected chi connectivity index (χ1v) is 13.6. The summed E-state index contributed by atoms with van der Waals surface area (Å²) in [4.78, 5) is 54.3. The van der Waals surface area contributed by atoms with Gasteiger partial charge in [-0.1, -0.05) is 41.0 Å². The highest BCUT2D eigenvalue weighted by Crippen LogP contribution is 2.29. The minimum absolute atomic E-state index is 0.0201. The molecular weight excluding hydrogens is 492 g/mol. The first-order valence-electron chi connectivity index (χ1n) is 13.6. The fraction of sp³-hybridized carbons (Fsp3) is 0.852. The average molecular weight is 543 g/mol. The van der Waals surface area contributed by atoms with Crippen LogP contribution in [0.15, 0.2) is 0 Å². The molecule has 38 heavy (non-hydrogen) atoms. The van der Waals surface area contributed by atoms with Crippen LogP contribution in [0.5, 0.6) is 0 Å². The molecule has 3 amide bonds. The predicted octanol–water partition coefficient (Wildman–Crippen LogP) is 1.18. The van der Waals surface area contributed by atoms with Crippen LogP contribution in [0.2, 0.25) is 0 Å². The minimum Gasteiger partial charge on any atom is -0.468 e. The molecule has 0 saturated carbocycles. The molecule has 1 heterocycles. The molecule has 7 atom stereocenters. The highest BCUT2D eigenvalue weighted by molar-refractivity contribution is 5.84. The number of carbonyl (C=O) groups excluding carboxylic acids is 4. The second kappa shape index (κ2) is 16.0. The number of hydrogen-bond acceptors (Lipinski definition) is 8. The number of amides is 3. The zero-order valence-corrected chi connectivity index (χ0v) is 24.7. The van der Waals surface area contributed by atoms with Crippen LogP contribution >= 0.6 is 0 Å². The van der Waals surface area contributed by atoms with E-state index in [4.69, 9.17) is 15.2 Å². The average Bonchev–Trinajstić information content (AvgIpc) is 3.39. The minimum atomic E-state index is -0.642. The Balaban J connectivity index is 3.08. The molecule has 0 spiro atoms. The van der Waals surface area contributed by atoms with Crippen LogP contribution in [0.25, 0.3) is 0 Å². The maximum atomic E-state index is 13.6. The lowest BCUT2D eigenvalue weighted by Crippen LogP contribution is -2.56. The van der Waals surface area contributed by atoms with Crippen LogP contribution in [-0.4, -0.2) is 105 Å². The number of methoxy groups -OCH3 is 3. The summed E-state index contributed by atoms with van der Waals surface area (Å²) in [5.74, 6) is -1.74. The van der Waals surface area contributed by atoms with Gasteiger partial charge in [-0.3, -0.25) is 19.2 Å². The van der Waals surface area contributed by atoms with Crippen molar-refractivity contribution < 1.29 is 33.4 Å². The molecule has 1 aliphatic rings. The SMILES string of the molecule is CC[C@H](C)C([C@@H](CC(=O)N1CCC[C@H]1[C@H](OC)C(C)C(=O)NCC(=O)OC)OC)N(C)C(=O)[C@@H](N)C(C)C. The summed E-state index contributed by atoms with van der Waals surface area (Å²) in [6.07, 6.45) is 1.25. The van der Waals surface area contributed by atoms with Crippen molar-refractivity contribution in [3.05, 3.63) is 0 Å². The number of nitrogens with zero attached hydrogens (tertiary/aromatic N) is 2. The molecule has 1 fully saturated rings. The maximum absolute atomic E-state index is 13.6. The van der Waals surface area contributed by atoms with Crippen molar-refractivity contribution in [3.63, 3.8) is 0 Å². The highest BCUT2D eigenvalue weighted by atomic mass is 16.5. The lowest BCUT2D eigenvalue weighted by atomic mass is 9.89. The second-order valence-electron chi connectivity index (χ2n) is 10.7. The van der Waals surface area contributed by atoms with E-state index in [9.17, 15) is 19.2 Å². The van der Waals surface area contributed by atoms with Crippen molar-refractivity contribution in [2.45, 2.75) is 90.6 Å². The van der Waals surface area contributed by atoms with E-state index in [1.807, 2.05) is 27.7 Å². The fourth-order valence-corrected chi connectivity index (χ4v) is 5.22. The van der Waals surface area contributed by atoms with Gasteiger partial charge in [0.1, 0.15) is 6.54 Å². The summed E-state index contributed by atoms with van der Waals surface area (Å²) >= 11 is 0. The molecule has 11 heteroatoms. The van der Waals surface area contributed by atoms with E-state index in [2.05, 4.69) is 10.1 Å². The van der Waals surface area contributed by atoms with Gasteiger partial charge in [-0.15, -0.1) is 0 Å². The molecule has 1 saturated heterocycles. The van der Waals surface area contributed by atoms with E-state index >= 15 is 0 Å². The number of carbonyl (C=O) groups is 4. The molecule has 1 rings (SSSR count). The van der Waals surface area contributed by atoms with Crippen LogP contribution in [-0.2, 0) is 33.4 Å². The standard InChI is InChI=1S/C27H50N4O7/c1-10-17(4)24(30(6)27(35)23(28)16(2)3)20(36-7)14-21(32)31-13-11-12-19(31)25(38-9)18(5)26(34)29-15-22(33)37-8/h16-20,23-25H,10-15,28H2,1-9H3,(H,29,34)/t17-,18?,19-,20+,23-,24?,25+/m0/s1. The Kier molecular flexibility index (Phi) is 14.2. The van der Waals surface area contributed by atoms with Crippen LogP contribution in [0.1, 0.15) is 60.3 Å². The summed E-state index contributed by atoms with van der Waals surface area (Å²) in [6, 6.07) is -1.29. The van der Waals surface area contributed by atoms with Gasteiger partial charge in [0.2, 0.25) is 17.7 Å². The van der Waals surface area contributed by atoms with E-state index in [-0.39, 0.29) is 54.6 Å². The molecule has 2 unspecified atom stereocenters. The van der Waals surface area contributed by atoms with Gasteiger partial charge in [-0.25, -0.2) is 0 Å². The van der Waals surface area contributed by atoms with Crippen LogP contribution in [0.4, 0.5) is 0 Å². The first-order chi connectivity index (χ1) is 17.9. The van der Waals surface area contributed by atoms with Crippen molar-refractivity contribution in [1.82, 2.24) is 15.1 Å². The molecule has 0 bridgehead atoms. The third-order valence-electron chi connectivity index (χ3n) is 7.90. The number of nitrogens with two attached hydrogens (primary N) is 1. The van der Waals surface area contributed by atoms with Crippen LogP contribution in [0, 0.1) is 17.8 Å². The number of esters is 1. The van der Waals surface area contributed by atoms with Gasteiger partial charge in [0.05, 0.1) is 49.8 Å². The zero-order valence-electron chi connectivity index (χ0n) is 24.7. The topological polar surface area (TPSA) is 141 Å². The number of hydrogen-bond donors (Lipinski definition) is 2. The number of ether oxygens (including phenoxy) is 3. The van der Waals surface area contributed by atoms with Gasteiger partial charge < -0.3 is 35.1 Å². The monoisotopic (exact) mass is 542 g/mol. The van der Waals surface area contributed by atoms with Gasteiger partial charge >= 0.3 is 5.97 Å². The number of nitrogens with one attached hydrogen (secondary N) is 1. The maximum Gasteiger partial charge on any atom is 0.325 e. The Morgan fingerprint density at radius 1 is 1.08 bits per heavy atom. The van der Waals surface area contributed by atoms with Gasteiger partial charge in [-0.2, -0.15) is 0 Å². The van der Waals surface area contributed by atoms with E-state index in [1.54, 1.807) is 30.9 Å². The second-order valence-corrected chi connectivity index (χ2v) is 10.7. The Hall–Kier alpha value is -2.24. The van der Waals surface area contributed by atoms with E-state index in [0.29, 0.717) is 13.0 Å². The van der Waals surface area contributed by atoms with Crippen molar-refractivity contribution >= 4 is 23.7 Å². The number of likely N-dealkylation sites (N-methyl/N-ethyl adjacent to an activating group) is 1. The molecule has 0 aromatic heterocycles. The van der Waals surface area contributed by atoms with Crippen molar-refractivity contribution in [2.75, 3.05) is 41.5 Å².